The molecule has 2 heterocycles. The zero-order chi connectivity index (χ0) is 15.6. The summed E-state index contributed by atoms with van der Waals surface area (Å²) in [6.07, 6.45) is 1.64. The van der Waals surface area contributed by atoms with E-state index < -0.39 is 5.97 Å². The second-order valence-electron chi connectivity index (χ2n) is 5.31. The van der Waals surface area contributed by atoms with Gasteiger partial charge >= 0.3 is 5.97 Å². The Morgan fingerprint density at radius 1 is 0.957 bits per heavy atom. The van der Waals surface area contributed by atoms with E-state index in [2.05, 4.69) is 9.97 Å². The predicted octanol–water partition coefficient (Wildman–Crippen LogP) is 4.07. The Balaban J connectivity index is 1.69. The van der Waals surface area contributed by atoms with Crippen LogP contribution >= 0.6 is 0 Å². The first kappa shape index (κ1) is 13.5. The third-order valence-corrected chi connectivity index (χ3v) is 3.83. The Kier molecular flexibility index (Phi) is 3.27. The van der Waals surface area contributed by atoms with Gasteiger partial charge in [0, 0.05) is 22.5 Å². The van der Waals surface area contributed by atoms with Gasteiger partial charge in [0.1, 0.15) is 6.61 Å². The number of nitrogens with one attached hydrogen (secondary N) is 1. The summed E-state index contributed by atoms with van der Waals surface area (Å²) in [6, 6.07) is 19.4. The average molecular weight is 302 g/mol. The average Bonchev–Trinajstić information content (AvgIpc) is 2.99. The van der Waals surface area contributed by atoms with Crippen LogP contribution in [0.1, 0.15) is 16.1 Å². The summed E-state index contributed by atoms with van der Waals surface area (Å²) < 4.78 is 5.40. The first-order chi connectivity index (χ1) is 11.3. The van der Waals surface area contributed by atoms with Gasteiger partial charge in [0.15, 0.2) is 5.69 Å². The SMILES string of the molecule is O=C(OCc1ccccc1)c1nccc2c1[nH]c1ccccc12. The Labute approximate surface area is 132 Å². The fraction of sp³-hybridized carbons (Fsp3) is 0.0526. The van der Waals surface area contributed by atoms with Crippen molar-refractivity contribution >= 4 is 27.8 Å². The highest BCUT2D eigenvalue weighted by Gasteiger charge is 2.16. The third kappa shape index (κ3) is 2.44. The smallest absolute Gasteiger partial charge is 0.359 e. The molecule has 1 N–H and O–H groups in total. The molecule has 0 bridgehead atoms. The summed E-state index contributed by atoms with van der Waals surface area (Å²) in [5.41, 5.74) is 2.96. The number of carbonyl (C=O) groups excluding carboxylic acids is 1. The van der Waals surface area contributed by atoms with Crippen molar-refractivity contribution in [2.75, 3.05) is 0 Å². The lowest BCUT2D eigenvalue weighted by atomic mass is 10.1. The molecule has 112 valence electrons. The highest BCUT2D eigenvalue weighted by molar-refractivity contribution is 6.12. The Bertz CT molecular complexity index is 990. The summed E-state index contributed by atoms with van der Waals surface area (Å²) >= 11 is 0. The summed E-state index contributed by atoms with van der Waals surface area (Å²) in [5, 5.41) is 2.05. The number of rotatable bonds is 3. The number of aromatic nitrogens is 2. The number of carbonyl (C=O) groups is 1. The number of esters is 1. The third-order valence-electron chi connectivity index (χ3n) is 3.83. The van der Waals surface area contributed by atoms with Crippen LogP contribution in [0, 0.1) is 0 Å². The minimum absolute atomic E-state index is 0.234. The highest BCUT2D eigenvalue weighted by Crippen LogP contribution is 2.26. The molecule has 0 unspecified atom stereocenters. The number of hydrogen-bond donors (Lipinski definition) is 1. The number of H-pyrrole nitrogens is 1. The van der Waals surface area contributed by atoms with Crippen LogP contribution in [0.4, 0.5) is 0 Å². The van der Waals surface area contributed by atoms with Crippen molar-refractivity contribution < 1.29 is 9.53 Å². The van der Waals surface area contributed by atoms with Gasteiger partial charge in [-0.2, -0.15) is 0 Å². The number of ether oxygens (including phenoxy) is 1. The van der Waals surface area contributed by atoms with Crippen LogP contribution in [0.3, 0.4) is 0 Å². The van der Waals surface area contributed by atoms with Gasteiger partial charge in [-0.1, -0.05) is 48.5 Å². The summed E-state index contributed by atoms with van der Waals surface area (Å²) in [7, 11) is 0. The summed E-state index contributed by atoms with van der Waals surface area (Å²) in [4.78, 5) is 19.9. The van der Waals surface area contributed by atoms with Gasteiger partial charge in [0.2, 0.25) is 0 Å². The fourth-order valence-electron chi connectivity index (χ4n) is 2.72. The number of fused-ring (bicyclic) bond motifs is 3. The number of aromatic amines is 1. The molecule has 0 saturated carbocycles. The van der Waals surface area contributed by atoms with Gasteiger partial charge in [0.05, 0.1) is 5.52 Å². The van der Waals surface area contributed by atoms with E-state index in [0.29, 0.717) is 11.2 Å². The second-order valence-corrected chi connectivity index (χ2v) is 5.31. The molecule has 4 rings (SSSR count). The van der Waals surface area contributed by atoms with Crippen molar-refractivity contribution in [3.63, 3.8) is 0 Å². The van der Waals surface area contributed by atoms with Crippen molar-refractivity contribution in [1.82, 2.24) is 9.97 Å². The lowest BCUT2D eigenvalue weighted by molar-refractivity contribution is 0.0468. The summed E-state index contributed by atoms with van der Waals surface area (Å²) in [5.74, 6) is -0.425. The molecule has 0 fully saturated rings. The minimum Gasteiger partial charge on any atom is -0.456 e. The minimum atomic E-state index is -0.425. The summed E-state index contributed by atoms with van der Waals surface area (Å²) in [6.45, 7) is 0.234. The zero-order valence-electron chi connectivity index (χ0n) is 12.3. The van der Waals surface area contributed by atoms with Crippen LogP contribution < -0.4 is 0 Å². The van der Waals surface area contributed by atoms with Crippen LogP contribution in [-0.2, 0) is 11.3 Å². The molecule has 2 aromatic heterocycles. The van der Waals surface area contributed by atoms with E-state index in [1.165, 1.54) is 0 Å². The van der Waals surface area contributed by atoms with Crippen LogP contribution in [0.15, 0.2) is 66.9 Å². The molecule has 0 spiro atoms. The van der Waals surface area contributed by atoms with Gasteiger partial charge < -0.3 is 9.72 Å². The molecule has 4 aromatic rings. The van der Waals surface area contributed by atoms with Gasteiger partial charge in [-0.05, 0) is 17.7 Å². The van der Waals surface area contributed by atoms with E-state index in [9.17, 15) is 4.79 Å². The maximum atomic E-state index is 12.4. The van der Waals surface area contributed by atoms with Crippen LogP contribution in [-0.4, -0.2) is 15.9 Å². The van der Waals surface area contributed by atoms with Crippen molar-refractivity contribution in [3.05, 3.63) is 78.1 Å². The van der Waals surface area contributed by atoms with Crippen molar-refractivity contribution in [2.24, 2.45) is 0 Å². The van der Waals surface area contributed by atoms with E-state index in [1.54, 1.807) is 6.20 Å². The Morgan fingerprint density at radius 2 is 1.74 bits per heavy atom. The standard InChI is InChI=1S/C19H14N2O2/c22-19(23-12-13-6-2-1-3-7-13)18-17-15(10-11-20-18)14-8-4-5-9-16(14)21-17/h1-11,21H,12H2. The topological polar surface area (TPSA) is 55.0 Å². The van der Waals surface area contributed by atoms with E-state index >= 15 is 0 Å². The quantitative estimate of drug-likeness (QED) is 0.580. The van der Waals surface area contributed by atoms with Gasteiger partial charge in [-0.25, -0.2) is 9.78 Å². The van der Waals surface area contributed by atoms with Crippen LogP contribution in [0.25, 0.3) is 21.8 Å². The molecule has 0 atom stereocenters. The molecule has 0 aliphatic heterocycles. The fourth-order valence-corrected chi connectivity index (χ4v) is 2.72. The molecule has 0 aliphatic carbocycles. The molecule has 0 amide bonds. The lowest BCUT2D eigenvalue weighted by Crippen LogP contribution is -2.08. The zero-order valence-corrected chi connectivity index (χ0v) is 12.3. The molecule has 0 radical (unpaired) electrons. The molecule has 2 aromatic carbocycles. The molecule has 4 heteroatoms. The Hall–Kier alpha value is -3.14. The van der Waals surface area contributed by atoms with E-state index in [0.717, 1.165) is 21.9 Å². The van der Waals surface area contributed by atoms with Gasteiger partial charge in [0.25, 0.3) is 0 Å². The molecular weight excluding hydrogens is 288 g/mol. The van der Waals surface area contributed by atoms with Crippen molar-refractivity contribution in [3.8, 4) is 0 Å². The van der Waals surface area contributed by atoms with Crippen LogP contribution in [0.2, 0.25) is 0 Å². The van der Waals surface area contributed by atoms with E-state index in [-0.39, 0.29) is 6.61 Å². The first-order valence-corrected chi connectivity index (χ1v) is 7.39. The predicted molar refractivity (Wildman–Crippen MR) is 89.2 cm³/mol. The number of pyridine rings is 1. The molecule has 4 nitrogen and oxygen atoms in total. The van der Waals surface area contributed by atoms with Crippen molar-refractivity contribution in [1.29, 1.82) is 0 Å². The maximum Gasteiger partial charge on any atom is 0.359 e. The monoisotopic (exact) mass is 302 g/mol. The van der Waals surface area contributed by atoms with E-state index in [1.807, 2.05) is 60.7 Å². The van der Waals surface area contributed by atoms with Gasteiger partial charge in [-0.15, -0.1) is 0 Å². The maximum absolute atomic E-state index is 12.4. The molecular formula is C19H14N2O2. The highest BCUT2D eigenvalue weighted by atomic mass is 16.5. The first-order valence-electron chi connectivity index (χ1n) is 7.39. The lowest BCUT2D eigenvalue weighted by Gasteiger charge is -2.05. The van der Waals surface area contributed by atoms with Crippen LogP contribution in [0.5, 0.6) is 0 Å². The van der Waals surface area contributed by atoms with E-state index in [4.69, 9.17) is 4.74 Å². The van der Waals surface area contributed by atoms with Crippen molar-refractivity contribution in [2.45, 2.75) is 6.61 Å². The number of benzene rings is 2. The molecule has 0 aliphatic rings. The number of nitrogens with zero attached hydrogens (tertiary/aromatic N) is 1. The number of para-hydroxylation sites is 1. The Morgan fingerprint density at radius 3 is 2.61 bits per heavy atom. The van der Waals surface area contributed by atoms with Gasteiger partial charge in [-0.3, -0.25) is 0 Å². The normalized spacial score (nSPS) is 11.0. The molecule has 0 saturated heterocycles. The largest absolute Gasteiger partial charge is 0.456 e. The molecule has 23 heavy (non-hydrogen) atoms. The second kappa shape index (κ2) is 5.57. The number of hydrogen-bond acceptors (Lipinski definition) is 3.